The second-order valence-electron chi connectivity index (χ2n) is 4.18. The first kappa shape index (κ1) is 12.8. The minimum Gasteiger partial charge on any atom is -0.324 e. The van der Waals surface area contributed by atoms with Crippen LogP contribution in [0.5, 0.6) is 0 Å². The number of amides is 1. The molecule has 1 unspecified atom stereocenters. The van der Waals surface area contributed by atoms with Crippen LogP contribution in [0.15, 0.2) is 42.7 Å². The summed E-state index contributed by atoms with van der Waals surface area (Å²) in [6.07, 6.45) is 3.76. The summed E-state index contributed by atoms with van der Waals surface area (Å²) in [5.74, 6) is -0.128. The topological polar surface area (TPSA) is 70.7 Å². The Hall–Kier alpha value is -2.61. The van der Waals surface area contributed by atoms with Gasteiger partial charge in [-0.2, -0.15) is 10.4 Å². The lowest BCUT2D eigenvalue weighted by molar-refractivity contribution is -0.119. The van der Waals surface area contributed by atoms with E-state index in [1.54, 1.807) is 42.2 Å². The fourth-order valence-corrected chi connectivity index (χ4v) is 1.67. The Bertz CT molecular complexity index is 581. The normalized spacial score (nSPS) is 11.6. The van der Waals surface area contributed by atoms with Crippen LogP contribution in [-0.2, 0) is 11.2 Å². The summed E-state index contributed by atoms with van der Waals surface area (Å²) >= 11 is 0. The Balaban J connectivity index is 2.01. The molecule has 1 aromatic carbocycles. The van der Waals surface area contributed by atoms with Crippen molar-refractivity contribution < 1.29 is 4.79 Å². The molecule has 0 saturated heterocycles. The van der Waals surface area contributed by atoms with Crippen LogP contribution in [0.2, 0.25) is 0 Å². The maximum absolute atomic E-state index is 12.0. The van der Waals surface area contributed by atoms with Crippen molar-refractivity contribution in [2.24, 2.45) is 0 Å². The van der Waals surface area contributed by atoms with Crippen molar-refractivity contribution >= 4 is 11.6 Å². The Kier molecular flexibility index (Phi) is 3.94. The molecule has 1 N–H and O–H groups in total. The quantitative estimate of drug-likeness (QED) is 0.908. The number of hydrogen-bond donors (Lipinski definition) is 1. The molecule has 0 aliphatic carbocycles. The summed E-state index contributed by atoms with van der Waals surface area (Å²) in [5, 5.41) is 15.4. The van der Waals surface area contributed by atoms with E-state index in [0.717, 1.165) is 5.56 Å². The van der Waals surface area contributed by atoms with Gasteiger partial charge in [-0.3, -0.25) is 9.48 Å². The van der Waals surface area contributed by atoms with E-state index in [-0.39, 0.29) is 11.9 Å². The lowest BCUT2D eigenvalue weighted by atomic mass is 10.1. The van der Waals surface area contributed by atoms with Gasteiger partial charge >= 0.3 is 0 Å². The van der Waals surface area contributed by atoms with Crippen LogP contribution in [-0.4, -0.2) is 15.7 Å². The van der Waals surface area contributed by atoms with Gasteiger partial charge in [-0.05, 0) is 30.7 Å². The highest BCUT2D eigenvalue weighted by atomic mass is 16.2. The van der Waals surface area contributed by atoms with Gasteiger partial charge in [-0.25, -0.2) is 0 Å². The molecule has 2 aromatic rings. The predicted octanol–water partition coefficient (Wildman–Crippen LogP) is 2.15. The number of aromatic nitrogens is 2. The molecule has 2 rings (SSSR count). The van der Waals surface area contributed by atoms with Gasteiger partial charge < -0.3 is 5.32 Å². The van der Waals surface area contributed by atoms with Gasteiger partial charge in [0.15, 0.2) is 0 Å². The number of nitrogens with zero attached hydrogens (tertiary/aromatic N) is 3. The van der Waals surface area contributed by atoms with E-state index < -0.39 is 0 Å². The molecule has 1 atom stereocenters. The van der Waals surface area contributed by atoms with Crippen LogP contribution in [0.4, 0.5) is 5.69 Å². The number of benzene rings is 1. The van der Waals surface area contributed by atoms with Gasteiger partial charge in [-0.1, -0.05) is 12.1 Å². The molecule has 0 spiro atoms. The minimum atomic E-state index is -0.367. The molecule has 0 radical (unpaired) electrons. The zero-order valence-electron chi connectivity index (χ0n) is 10.6. The second-order valence-corrected chi connectivity index (χ2v) is 4.18. The SMILES string of the molecule is CC(C(=O)Nc1ccc(CC#N)cc1)n1cccn1. The lowest BCUT2D eigenvalue weighted by Crippen LogP contribution is -2.23. The van der Waals surface area contributed by atoms with Crippen molar-refractivity contribution in [2.45, 2.75) is 19.4 Å². The Morgan fingerprint density at radius 1 is 1.47 bits per heavy atom. The van der Waals surface area contributed by atoms with Gasteiger partial charge in [0.25, 0.3) is 0 Å². The molecule has 19 heavy (non-hydrogen) atoms. The number of rotatable bonds is 4. The average molecular weight is 254 g/mol. The molecule has 0 saturated carbocycles. The van der Waals surface area contributed by atoms with Crippen LogP contribution in [0.25, 0.3) is 0 Å². The highest BCUT2D eigenvalue weighted by Gasteiger charge is 2.14. The first-order chi connectivity index (χ1) is 9.20. The van der Waals surface area contributed by atoms with Crippen molar-refractivity contribution in [1.82, 2.24) is 9.78 Å². The molecule has 0 aliphatic rings. The predicted molar refractivity (Wildman–Crippen MR) is 71.3 cm³/mol. The summed E-state index contributed by atoms with van der Waals surface area (Å²) in [5.41, 5.74) is 1.64. The van der Waals surface area contributed by atoms with E-state index in [1.165, 1.54) is 0 Å². The third-order valence-corrected chi connectivity index (χ3v) is 2.81. The summed E-state index contributed by atoms with van der Waals surface area (Å²) in [7, 11) is 0. The third kappa shape index (κ3) is 3.19. The van der Waals surface area contributed by atoms with Crippen LogP contribution < -0.4 is 5.32 Å². The maximum atomic E-state index is 12.0. The van der Waals surface area contributed by atoms with E-state index in [4.69, 9.17) is 5.26 Å². The van der Waals surface area contributed by atoms with Gasteiger partial charge in [-0.15, -0.1) is 0 Å². The number of carbonyl (C=O) groups excluding carboxylic acids is 1. The standard InChI is InChI=1S/C14H14N4O/c1-11(18-10-2-9-16-18)14(19)17-13-5-3-12(4-6-13)7-8-15/h2-6,9-11H,7H2,1H3,(H,17,19). The summed E-state index contributed by atoms with van der Waals surface area (Å²) in [6, 6.07) is 10.7. The molecule has 5 heteroatoms. The van der Waals surface area contributed by atoms with Crippen molar-refractivity contribution in [1.29, 1.82) is 5.26 Å². The van der Waals surface area contributed by atoms with E-state index in [2.05, 4.69) is 16.5 Å². The molecular formula is C14H14N4O. The largest absolute Gasteiger partial charge is 0.324 e. The molecule has 1 aromatic heterocycles. The van der Waals surface area contributed by atoms with Gasteiger partial charge in [0, 0.05) is 18.1 Å². The minimum absolute atomic E-state index is 0.128. The van der Waals surface area contributed by atoms with Gasteiger partial charge in [0.2, 0.25) is 5.91 Å². The maximum Gasteiger partial charge on any atom is 0.248 e. The highest BCUT2D eigenvalue weighted by molar-refractivity contribution is 5.93. The van der Waals surface area contributed by atoms with E-state index in [0.29, 0.717) is 12.1 Å². The van der Waals surface area contributed by atoms with Crippen LogP contribution in [0, 0.1) is 11.3 Å². The number of carbonyl (C=O) groups is 1. The number of anilines is 1. The van der Waals surface area contributed by atoms with Crippen molar-refractivity contribution in [3.05, 3.63) is 48.3 Å². The smallest absolute Gasteiger partial charge is 0.248 e. The summed E-state index contributed by atoms with van der Waals surface area (Å²) in [4.78, 5) is 12.0. The lowest BCUT2D eigenvalue weighted by Gasteiger charge is -2.12. The highest BCUT2D eigenvalue weighted by Crippen LogP contribution is 2.13. The van der Waals surface area contributed by atoms with Crippen molar-refractivity contribution in [2.75, 3.05) is 5.32 Å². The van der Waals surface area contributed by atoms with Gasteiger partial charge in [0.1, 0.15) is 6.04 Å². The van der Waals surface area contributed by atoms with E-state index in [1.807, 2.05) is 12.1 Å². The van der Waals surface area contributed by atoms with Crippen LogP contribution in [0.1, 0.15) is 18.5 Å². The zero-order chi connectivity index (χ0) is 13.7. The zero-order valence-corrected chi connectivity index (χ0v) is 10.6. The molecule has 96 valence electrons. The Morgan fingerprint density at radius 2 is 2.21 bits per heavy atom. The Morgan fingerprint density at radius 3 is 2.79 bits per heavy atom. The molecular weight excluding hydrogens is 240 g/mol. The van der Waals surface area contributed by atoms with E-state index >= 15 is 0 Å². The fraction of sp³-hybridized carbons (Fsp3) is 0.214. The summed E-state index contributed by atoms with van der Waals surface area (Å²) < 4.78 is 1.60. The monoisotopic (exact) mass is 254 g/mol. The molecule has 0 aliphatic heterocycles. The summed E-state index contributed by atoms with van der Waals surface area (Å²) in [6.45, 7) is 1.78. The number of hydrogen-bond acceptors (Lipinski definition) is 3. The second kappa shape index (κ2) is 5.83. The Labute approximate surface area is 111 Å². The first-order valence-corrected chi connectivity index (χ1v) is 5.96. The van der Waals surface area contributed by atoms with Crippen LogP contribution >= 0.6 is 0 Å². The number of nitrogens with one attached hydrogen (secondary N) is 1. The molecule has 5 nitrogen and oxygen atoms in total. The van der Waals surface area contributed by atoms with Crippen molar-refractivity contribution in [3.8, 4) is 6.07 Å². The molecule has 1 amide bonds. The fourth-order valence-electron chi connectivity index (χ4n) is 1.67. The number of nitriles is 1. The van der Waals surface area contributed by atoms with Gasteiger partial charge in [0.05, 0.1) is 12.5 Å². The first-order valence-electron chi connectivity index (χ1n) is 5.96. The molecule has 0 fully saturated rings. The van der Waals surface area contributed by atoms with Crippen molar-refractivity contribution in [3.63, 3.8) is 0 Å². The molecule has 1 heterocycles. The molecule has 0 bridgehead atoms. The average Bonchev–Trinajstić information content (AvgIpc) is 2.94. The third-order valence-electron chi connectivity index (χ3n) is 2.81. The van der Waals surface area contributed by atoms with E-state index in [9.17, 15) is 4.79 Å². The van der Waals surface area contributed by atoms with Crippen LogP contribution in [0.3, 0.4) is 0 Å².